The van der Waals surface area contributed by atoms with E-state index in [1.54, 1.807) is 13.0 Å². The van der Waals surface area contributed by atoms with E-state index < -0.39 is 0 Å². The molecule has 3 rings (SSSR count). The Morgan fingerprint density at radius 2 is 1.92 bits per heavy atom. The molecule has 2 aromatic carbocycles. The Balaban J connectivity index is 2.24. The van der Waals surface area contributed by atoms with Gasteiger partial charge in [-0.15, -0.1) is 0 Å². The summed E-state index contributed by atoms with van der Waals surface area (Å²) in [5.41, 5.74) is 3.84. The van der Waals surface area contributed by atoms with Crippen molar-refractivity contribution in [1.82, 2.24) is 4.57 Å². The number of benzene rings is 2. The van der Waals surface area contributed by atoms with Crippen molar-refractivity contribution < 1.29 is 14.6 Å². The summed E-state index contributed by atoms with van der Waals surface area (Å²) < 4.78 is 8.08. The fraction of sp³-hybridized carbons (Fsp3) is 0.211. The van der Waals surface area contributed by atoms with E-state index in [9.17, 15) is 9.90 Å². The molecule has 0 aliphatic carbocycles. The van der Waals surface area contributed by atoms with Gasteiger partial charge in [0, 0.05) is 33.7 Å². The number of carbonyl (C=O) groups is 1. The normalized spacial score (nSPS) is 11.0. The van der Waals surface area contributed by atoms with Crippen molar-refractivity contribution in [2.24, 2.45) is 7.05 Å². The Hall–Kier alpha value is -2.27. The minimum atomic E-state index is -0.364. The van der Waals surface area contributed by atoms with Crippen LogP contribution in [0.15, 0.2) is 40.9 Å². The maximum atomic E-state index is 12.3. The summed E-state index contributed by atoms with van der Waals surface area (Å²) in [6.07, 6.45) is 0. The highest BCUT2D eigenvalue weighted by Crippen LogP contribution is 2.37. The molecule has 0 saturated carbocycles. The number of aryl methyl sites for hydroxylation is 1. The number of aromatic nitrogens is 1. The largest absolute Gasteiger partial charge is 0.507 e. The molecule has 4 nitrogen and oxygen atoms in total. The molecule has 0 aliphatic heterocycles. The standard InChI is InChI=1S/C19H18BrNO3/c1-4-24-19(23)18-11(2)21(3)16-9-14(17(22)10-15(16)18)12-5-7-13(20)8-6-12/h5-10,22H,4H2,1-3H3. The average molecular weight is 388 g/mol. The number of esters is 1. The lowest BCUT2D eigenvalue weighted by atomic mass is 10.0. The predicted octanol–water partition coefficient (Wildman–Crippen LogP) is 4.80. The molecule has 0 saturated heterocycles. The van der Waals surface area contributed by atoms with E-state index in [2.05, 4.69) is 15.9 Å². The Labute approximate surface area is 148 Å². The van der Waals surface area contributed by atoms with Crippen LogP contribution in [0.5, 0.6) is 5.75 Å². The third-order valence-corrected chi connectivity index (χ3v) is 4.77. The van der Waals surface area contributed by atoms with E-state index in [0.29, 0.717) is 17.6 Å². The summed E-state index contributed by atoms with van der Waals surface area (Å²) in [5, 5.41) is 11.2. The van der Waals surface area contributed by atoms with Crippen LogP contribution >= 0.6 is 15.9 Å². The van der Waals surface area contributed by atoms with Crippen molar-refractivity contribution in [3.63, 3.8) is 0 Å². The number of hydrogen-bond acceptors (Lipinski definition) is 3. The number of phenols is 1. The highest BCUT2D eigenvalue weighted by Gasteiger charge is 2.21. The summed E-state index contributed by atoms with van der Waals surface area (Å²) in [5.74, 6) is -0.225. The third kappa shape index (κ3) is 2.69. The molecule has 1 N–H and O–H groups in total. The minimum absolute atomic E-state index is 0.140. The van der Waals surface area contributed by atoms with Gasteiger partial charge in [-0.25, -0.2) is 4.79 Å². The highest BCUT2D eigenvalue weighted by molar-refractivity contribution is 9.10. The maximum absolute atomic E-state index is 12.3. The van der Waals surface area contributed by atoms with E-state index in [0.717, 1.165) is 26.8 Å². The molecule has 1 heterocycles. The molecule has 0 radical (unpaired) electrons. The molecule has 24 heavy (non-hydrogen) atoms. The second-order valence-corrected chi connectivity index (χ2v) is 6.55. The first-order valence-corrected chi connectivity index (χ1v) is 8.48. The van der Waals surface area contributed by atoms with E-state index in [4.69, 9.17) is 4.74 Å². The number of rotatable bonds is 3. The Morgan fingerprint density at radius 1 is 1.25 bits per heavy atom. The van der Waals surface area contributed by atoms with Crippen LogP contribution in [0, 0.1) is 6.92 Å². The van der Waals surface area contributed by atoms with Crippen LogP contribution in [-0.4, -0.2) is 22.2 Å². The van der Waals surface area contributed by atoms with Gasteiger partial charge >= 0.3 is 5.97 Å². The quantitative estimate of drug-likeness (QED) is 0.656. The van der Waals surface area contributed by atoms with Crippen LogP contribution in [0.4, 0.5) is 0 Å². The zero-order chi connectivity index (χ0) is 17.4. The SMILES string of the molecule is CCOC(=O)c1c(C)n(C)c2cc(-c3ccc(Br)cc3)c(O)cc12. The molecule has 0 unspecified atom stereocenters. The van der Waals surface area contributed by atoms with Crippen LogP contribution in [0.3, 0.4) is 0 Å². The monoisotopic (exact) mass is 387 g/mol. The number of phenolic OH excluding ortho intramolecular Hbond substituents is 1. The topological polar surface area (TPSA) is 51.5 Å². The highest BCUT2D eigenvalue weighted by atomic mass is 79.9. The van der Waals surface area contributed by atoms with Gasteiger partial charge in [-0.3, -0.25) is 0 Å². The van der Waals surface area contributed by atoms with E-state index in [-0.39, 0.29) is 11.7 Å². The molecule has 0 spiro atoms. The molecule has 0 bridgehead atoms. The minimum Gasteiger partial charge on any atom is -0.507 e. The fourth-order valence-electron chi connectivity index (χ4n) is 2.92. The number of fused-ring (bicyclic) bond motifs is 1. The van der Waals surface area contributed by atoms with Crippen molar-refractivity contribution in [1.29, 1.82) is 0 Å². The zero-order valence-electron chi connectivity index (χ0n) is 13.8. The van der Waals surface area contributed by atoms with E-state index in [1.165, 1.54) is 0 Å². The fourth-order valence-corrected chi connectivity index (χ4v) is 3.18. The van der Waals surface area contributed by atoms with Crippen molar-refractivity contribution in [2.75, 3.05) is 6.61 Å². The molecule has 0 atom stereocenters. The van der Waals surface area contributed by atoms with E-state index >= 15 is 0 Å². The van der Waals surface area contributed by atoms with Crippen molar-refractivity contribution >= 4 is 32.8 Å². The zero-order valence-corrected chi connectivity index (χ0v) is 15.3. The first kappa shape index (κ1) is 16.6. The Kier molecular flexibility index (Phi) is 4.37. The molecule has 0 aliphatic rings. The van der Waals surface area contributed by atoms with Gasteiger partial charge in [-0.2, -0.15) is 0 Å². The number of carbonyl (C=O) groups excluding carboxylic acids is 1. The van der Waals surface area contributed by atoms with Gasteiger partial charge in [0.2, 0.25) is 0 Å². The average Bonchev–Trinajstić information content (AvgIpc) is 2.79. The van der Waals surface area contributed by atoms with Gasteiger partial charge in [-0.1, -0.05) is 28.1 Å². The molecule has 0 fully saturated rings. The molecule has 124 valence electrons. The summed E-state index contributed by atoms with van der Waals surface area (Å²) in [6.45, 7) is 3.97. The number of ether oxygens (including phenoxy) is 1. The number of hydrogen-bond donors (Lipinski definition) is 1. The number of nitrogens with zero attached hydrogens (tertiary/aromatic N) is 1. The van der Waals surface area contributed by atoms with Gasteiger partial charge in [-0.05, 0) is 43.7 Å². The molecule has 5 heteroatoms. The van der Waals surface area contributed by atoms with Crippen LogP contribution in [0.25, 0.3) is 22.0 Å². The van der Waals surface area contributed by atoms with Gasteiger partial charge in [0.05, 0.1) is 12.2 Å². The second kappa shape index (κ2) is 6.32. The first-order valence-electron chi connectivity index (χ1n) is 7.69. The molecular formula is C19H18BrNO3. The number of aromatic hydroxyl groups is 1. The van der Waals surface area contributed by atoms with Crippen LogP contribution in [0.1, 0.15) is 23.0 Å². The smallest absolute Gasteiger partial charge is 0.340 e. The van der Waals surface area contributed by atoms with E-state index in [1.807, 2.05) is 48.9 Å². The van der Waals surface area contributed by atoms with Gasteiger partial charge in [0.15, 0.2) is 0 Å². The van der Waals surface area contributed by atoms with Gasteiger partial charge in [0.1, 0.15) is 5.75 Å². The van der Waals surface area contributed by atoms with Crippen molar-refractivity contribution in [2.45, 2.75) is 13.8 Å². The summed E-state index contributed by atoms with van der Waals surface area (Å²) in [4.78, 5) is 12.3. The summed E-state index contributed by atoms with van der Waals surface area (Å²) >= 11 is 3.41. The van der Waals surface area contributed by atoms with Crippen LogP contribution in [-0.2, 0) is 11.8 Å². The lowest BCUT2D eigenvalue weighted by Gasteiger charge is -2.07. The van der Waals surface area contributed by atoms with Crippen LogP contribution < -0.4 is 0 Å². The summed E-state index contributed by atoms with van der Waals surface area (Å²) in [7, 11) is 1.91. The molecule has 1 aromatic heterocycles. The lowest BCUT2D eigenvalue weighted by Crippen LogP contribution is -2.06. The molecular weight excluding hydrogens is 370 g/mol. The molecule has 0 amide bonds. The second-order valence-electron chi connectivity index (χ2n) is 5.63. The first-order chi connectivity index (χ1) is 11.4. The maximum Gasteiger partial charge on any atom is 0.340 e. The summed E-state index contributed by atoms with van der Waals surface area (Å²) in [6, 6.07) is 11.3. The van der Waals surface area contributed by atoms with Gasteiger partial charge in [0.25, 0.3) is 0 Å². The number of halogens is 1. The van der Waals surface area contributed by atoms with Crippen molar-refractivity contribution in [3.8, 4) is 16.9 Å². The predicted molar refractivity (Wildman–Crippen MR) is 98.4 cm³/mol. The third-order valence-electron chi connectivity index (χ3n) is 4.24. The van der Waals surface area contributed by atoms with Gasteiger partial charge < -0.3 is 14.4 Å². The lowest BCUT2D eigenvalue weighted by molar-refractivity contribution is 0.0527. The Morgan fingerprint density at radius 3 is 2.54 bits per heavy atom. The Bertz CT molecular complexity index is 926. The van der Waals surface area contributed by atoms with Crippen molar-refractivity contribution in [3.05, 3.63) is 52.1 Å². The van der Waals surface area contributed by atoms with Crippen LogP contribution in [0.2, 0.25) is 0 Å². The molecule has 3 aromatic rings.